The summed E-state index contributed by atoms with van der Waals surface area (Å²) in [4.78, 5) is 27.0. The normalized spacial score (nSPS) is 18.0. The van der Waals surface area contributed by atoms with Gasteiger partial charge in [-0.3, -0.25) is 4.79 Å². The van der Waals surface area contributed by atoms with Crippen molar-refractivity contribution in [3.8, 4) is 5.75 Å². The van der Waals surface area contributed by atoms with Crippen molar-refractivity contribution >= 4 is 23.3 Å². The number of rotatable bonds is 7. The van der Waals surface area contributed by atoms with Crippen LogP contribution in [0.5, 0.6) is 5.75 Å². The van der Waals surface area contributed by atoms with Gasteiger partial charge in [0.1, 0.15) is 5.75 Å². The number of likely N-dealkylation sites (N-methyl/N-ethyl adjacent to an activating group) is 1. The molecule has 7 nitrogen and oxygen atoms in total. The summed E-state index contributed by atoms with van der Waals surface area (Å²) in [5.74, 6) is -0.135. The molecule has 0 N–H and O–H groups in total. The number of para-hydroxylation sites is 1. The maximum atomic E-state index is 13.3. The van der Waals surface area contributed by atoms with Crippen molar-refractivity contribution in [3.63, 3.8) is 0 Å². The molecule has 7 heteroatoms. The Labute approximate surface area is 169 Å². The monoisotopic (exact) mass is 393 g/mol. The summed E-state index contributed by atoms with van der Waals surface area (Å²) in [5.41, 5.74) is 0.749. The molecular formula is C22H23N3O4. The van der Waals surface area contributed by atoms with E-state index in [0.717, 1.165) is 5.69 Å². The van der Waals surface area contributed by atoms with E-state index in [0.29, 0.717) is 17.0 Å². The van der Waals surface area contributed by atoms with Gasteiger partial charge < -0.3 is 14.4 Å². The third-order valence-corrected chi connectivity index (χ3v) is 4.81. The van der Waals surface area contributed by atoms with Gasteiger partial charge >= 0.3 is 5.97 Å². The molecule has 0 saturated carbocycles. The average molecular weight is 393 g/mol. The highest BCUT2D eigenvalue weighted by Crippen LogP contribution is 2.46. The van der Waals surface area contributed by atoms with Crippen molar-refractivity contribution in [2.75, 3.05) is 25.7 Å². The van der Waals surface area contributed by atoms with Gasteiger partial charge in [0.25, 0.3) is 5.91 Å². The quantitative estimate of drug-likeness (QED) is 0.402. The Balaban J connectivity index is 2.05. The minimum Gasteiger partial charge on any atom is -0.497 e. The first-order chi connectivity index (χ1) is 13.9. The summed E-state index contributed by atoms with van der Waals surface area (Å²) in [6.07, 6.45) is -0.0221. The number of benzene rings is 2. The molecule has 0 saturated heterocycles. The van der Waals surface area contributed by atoms with E-state index < -0.39 is 11.5 Å². The van der Waals surface area contributed by atoms with Crippen LogP contribution < -0.4 is 9.64 Å². The molecule has 0 aromatic heterocycles. The standard InChI is InChI=1S/C22H23N3O4/c1-5-29-20(26)15(2)14-22(24-23-16-10-12-17(28-4)13-11-16)18-8-6-7-9-19(18)25(3)21(22)27/h6-13H,2,5,14H2,1,3-4H3. The van der Waals surface area contributed by atoms with Gasteiger partial charge in [0.05, 0.1) is 19.4 Å². The predicted molar refractivity (Wildman–Crippen MR) is 109 cm³/mol. The molecule has 1 aliphatic rings. The van der Waals surface area contributed by atoms with Gasteiger partial charge in [-0.2, -0.15) is 10.2 Å². The average Bonchev–Trinajstić information content (AvgIpc) is 2.95. The van der Waals surface area contributed by atoms with Crippen LogP contribution in [0.2, 0.25) is 0 Å². The Bertz CT molecular complexity index is 968. The van der Waals surface area contributed by atoms with E-state index in [9.17, 15) is 9.59 Å². The first-order valence-corrected chi connectivity index (χ1v) is 9.22. The second-order valence-electron chi connectivity index (χ2n) is 6.64. The fraction of sp³-hybridized carbons (Fsp3) is 0.273. The highest BCUT2D eigenvalue weighted by atomic mass is 16.5. The minimum atomic E-state index is -1.38. The number of esters is 1. The molecule has 150 valence electrons. The Morgan fingerprint density at radius 2 is 1.86 bits per heavy atom. The Morgan fingerprint density at radius 3 is 2.52 bits per heavy atom. The number of carbonyl (C=O) groups excluding carboxylic acids is 2. The van der Waals surface area contributed by atoms with E-state index in [-0.39, 0.29) is 24.5 Å². The Hall–Kier alpha value is -3.48. The van der Waals surface area contributed by atoms with Crippen molar-refractivity contribution in [1.82, 2.24) is 0 Å². The van der Waals surface area contributed by atoms with Crippen LogP contribution in [-0.2, 0) is 19.9 Å². The van der Waals surface area contributed by atoms with Crippen molar-refractivity contribution < 1.29 is 19.1 Å². The van der Waals surface area contributed by atoms with Crippen molar-refractivity contribution in [2.45, 2.75) is 18.9 Å². The molecule has 0 spiro atoms. The van der Waals surface area contributed by atoms with Crippen LogP contribution in [0.15, 0.2) is 70.9 Å². The second kappa shape index (κ2) is 8.26. The number of fused-ring (bicyclic) bond motifs is 1. The van der Waals surface area contributed by atoms with Crippen molar-refractivity contribution in [3.05, 3.63) is 66.2 Å². The number of ether oxygens (including phenoxy) is 2. The van der Waals surface area contributed by atoms with Crippen LogP contribution in [0.1, 0.15) is 18.9 Å². The van der Waals surface area contributed by atoms with Gasteiger partial charge in [0.2, 0.25) is 0 Å². The minimum absolute atomic E-state index is 0.0221. The first-order valence-electron chi connectivity index (χ1n) is 9.22. The van der Waals surface area contributed by atoms with Crippen LogP contribution in [-0.4, -0.2) is 32.6 Å². The summed E-state index contributed by atoms with van der Waals surface area (Å²) in [5, 5.41) is 8.77. The fourth-order valence-electron chi connectivity index (χ4n) is 3.33. The van der Waals surface area contributed by atoms with E-state index >= 15 is 0 Å². The third kappa shape index (κ3) is 3.76. The van der Waals surface area contributed by atoms with E-state index in [2.05, 4.69) is 16.8 Å². The highest BCUT2D eigenvalue weighted by Gasteiger charge is 2.51. The lowest BCUT2D eigenvalue weighted by Gasteiger charge is -2.23. The lowest BCUT2D eigenvalue weighted by molar-refractivity contribution is -0.138. The maximum Gasteiger partial charge on any atom is 0.333 e. The van der Waals surface area contributed by atoms with Gasteiger partial charge in [-0.05, 0) is 37.3 Å². The predicted octanol–water partition coefficient (Wildman–Crippen LogP) is 4.16. The van der Waals surface area contributed by atoms with Gasteiger partial charge in [-0.25, -0.2) is 4.79 Å². The zero-order valence-corrected chi connectivity index (χ0v) is 16.7. The Morgan fingerprint density at radius 1 is 1.17 bits per heavy atom. The number of hydrogen-bond acceptors (Lipinski definition) is 6. The van der Waals surface area contributed by atoms with Crippen molar-refractivity contribution in [2.24, 2.45) is 10.2 Å². The molecule has 0 fully saturated rings. The van der Waals surface area contributed by atoms with Crippen LogP contribution in [0.3, 0.4) is 0 Å². The van der Waals surface area contributed by atoms with E-state index in [1.807, 2.05) is 24.3 Å². The number of carbonyl (C=O) groups is 2. The summed E-state index contributed by atoms with van der Waals surface area (Å²) in [7, 11) is 3.26. The number of amides is 1. The molecule has 29 heavy (non-hydrogen) atoms. The summed E-state index contributed by atoms with van der Waals surface area (Å²) in [6, 6.07) is 14.3. The van der Waals surface area contributed by atoms with Gasteiger partial charge in [0, 0.05) is 30.3 Å². The molecule has 1 aliphatic heterocycles. The van der Waals surface area contributed by atoms with Gasteiger partial charge in [0.15, 0.2) is 5.54 Å². The molecule has 0 aliphatic carbocycles. The highest BCUT2D eigenvalue weighted by molar-refractivity contribution is 6.08. The smallest absolute Gasteiger partial charge is 0.333 e. The molecule has 3 rings (SSSR count). The van der Waals surface area contributed by atoms with Crippen LogP contribution in [0, 0.1) is 0 Å². The first kappa shape index (κ1) is 20.3. The van der Waals surface area contributed by atoms with E-state index in [1.165, 1.54) is 4.90 Å². The number of anilines is 1. The summed E-state index contributed by atoms with van der Waals surface area (Å²) < 4.78 is 10.2. The number of nitrogens with zero attached hydrogens (tertiary/aromatic N) is 3. The molecule has 0 bridgehead atoms. The Kier molecular flexibility index (Phi) is 5.77. The van der Waals surface area contributed by atoms with Gasteiger partial charge in [-0.1, -0.05) is 24.8 Å². The fourth-order valence-corrected chi connectivity index (χ4v) is 3.33. The molecule has 2 aromatic carbocycles. The zero-order chi connectivity index (χ0) is 21.0. The molecule has 1 heterocycles. The van der Waals surface area contributed by atoms with E-state index in [1.54, 1.807) is 45.3 Å². The molecule has 1 unspecified atom stereocenters. The molecule has 0 radical (unpaired) electrons. The topological polar surface area (TPSA) is 80.6 Å². The third-order valence-electron chi connectivity index (χ3n) is 4.81. The zero-order valence-electron chi connectivity index (χ0n) is 16.7. The molecular weight excluding hydrogens is 370 g/mol. The second-order valence-corrected chi connectivity index (χ2v) is 6.64. The largest absolute Gasteiger partial charge is 0.497 e. The number of methoxy groups -OCH3 is 1. The van der Waals surface area contributed by atoms with Crippen LogP contribution in [0.25, 0.3) is 0 Å². The van der Waals surface area contributed by atoms with Gasteiger partial charge in [-0.15, -0.1) is 0 Å². The number of hydrogen-bond donors (Lipinski definition) is 0. The molecule has 1 atom stereocenters. The molecule has 1 amide bonds. The lowest BCUT2D eigenvalue weighted by atomic mass is 9.86. The lowest BCUT2D eigenvalue weighted by Crippen LogP contribution is -2.38. The summed E-state index contributed by atoms with van der Waals surface area (Å²) >= 11 is 0. The summed E-state index contributed by atoms with van der Waals surface area (Å²) in [6.45, 7) is 5.77. The maximum absolute atomic E-state index is 13.3. The molecule has 2 aromatic rings. The number of azo groups is 1. The van der Waals surface area contributed by atoms with E-state index in [4.69, 9.17) is 9.47 Å². The van der Waals surface area contributed by atoms with Crippen molar-refractivity contribution in [1.29, 1.82) is 0 Å². The SMILES string of the molecule is C=C(CC1(N=Nc2ccc(OC)cc2)C(=O)N(C)c2ccccc21)C(=O)OCC. The van der Waals surface area contributed by atoms with Crippen LogP contribution >= 0.6 is 0 Å². The van der Waals surface area contributed by atoms with Crippen LogP contribution in [0.4, 0.5) is 11.4 Å².